The summed E-state index contributed by atoms with van der Waals surface area (Å²) < 4.78 is 0.827. The molecule has 0 saturated carbocycles. The molecule has 3 N–H and O–H groups in total. The molecule has 2 aliphatic rings. The Morgan fingerprint density at radius 2 is 2.21 bits per heavy atom. The number of hydrogen-bond acceptors (Lipinski definition) is 3. The molecule has 0 bridgehead atoms. The van der Waals surface area contributed by atoms with E-state index in [1.165, 1.54) is 0 Å². The Hall–Kier alpha value is -2.11. The van der Waals surface area contributed by atoms with Crippen LogP contribution in [0.5, 0.6) is 0 Å². The Morgan fingerprint density at radius 3 is 2.86 bits per heavy atom. The highest BCUT2D eigenvalue weighted by Gasteiger charge is 2.51. The summed E-state index contributed by atoms with van der Waals surface area (Å²) in [7, 11) is 0. The molecule has 1 aromatic carbocycles. The van der Waals surface area contributed by atoms with E-state index < -0.39 is 11.3 Å². The van der Waals surface area contributed by atoms with Gasteiger partial charge in [0.15, 0.2) is 0 Å². The Morgan fingerprint density at radius 1 is 1.45 bits per heavy atom. The van der Waals surface area contributed by atoms with Crippen molar-refractivity contribution in [3.63, 3.8) is 0 Å². The second-order valence-electron chi connectivity index (χ2n) is 7.65. The quantitative estimate of drug-likeness (QED) is 0.373. The Balaban J connectivity index is 2.31. The van der Waals surface area contributed by atoms with Gasteiger partial charge in [-0.25, -0.2) is 0 Å². The van der Waals surface area contributed by atoms with Gasteiger partial charge in [0.1, 0.15) is 6.29 Å². The number of rotatable bonds is 4. The van der Waals surface area contributed by atoms with E-state index >= 15 is 0 Å². The van der Waals surface area contributed by atoms with Crippen LogP contribution in [0.15, 0.2) is 69.7 Å². The van der Waals surface area contributed by atoms with Crippen molar-refractivity contribution < 1.29 is 9.59 Å². The summed E-state index contributed by atoms with van der Waals surface area (Å²) in [4.78, 5) is 25.5. The molecule has 1 amide bonds. The number of carbonyl (C=O) groups is 2. The van der Waals surface area contributed by atoms with Crippen molar-refractivity contribution in [1.29, 1.82) is 0 Å². The number of anilines is 1. The first-order chi connectivity index (χ1) is 13.8. The van der Waals surface area contributed by atoms with Crippen LogP contribution in [0.3, 0.4) is 0 Å². The van der Waals surface area contributed by atoms with E-state index in [1.807, 2.05) is 43.4 Å². The van der Waals surface area contributed by atoms with Gasteiger partial charge in [-0.1, -0.05) is 63.5 Å². The van der Waals surface area contributed by atoms with Crippen LogP contribution >= 0.6 is 27.5 Å². The molecule has 0 spiro atoms. The van der Waals surface area contributed by atoms with Crippen molar-refractivity contribution in [2.75, 3.05) is 12.3 Å². The van der Waals surface area contributed by atoms with Gasteiger partial charge in [0.2, 0.25) is 5.91 Å². The third kappa shape index (κ3) is 4.12. The molecule has 1 heterocycles. The first-order valence-corrected chi connectivity index (χ1v) is 10.6. The summed E-state index contributed by atoms with van der Waals surface area (Å²) in [5.74, 6) is -0.817. The van der Waals surface area contributed by atoms with E-state index in [0.29, 0.717) is 29.2 Å². The summed E-state index contributed by atoms with van der Waals surface area (Å²) in [6.07, 6.45) is 9.38. The number of nitrogen functional groups attached to an aromatic ring is 1. The Kier molecular flexibility index (Phi) is 6.49. The van der Waals surface area contributed by atoms with Crippen molar-refractivity contribution in [3.05, 3.63) is 75.3 Å². The highest BCUT2D eigenvalue weighted by atomic mass is 79.9. The molecular formula is C23H24BrClN2O2. The van der Waals surface area contributed by atoms with Gasteiger partial charge in [-0.05, 0) is 43.2 Å². The number of hydrogen-bond donors (Lipinski definition) is 2. The Labute approximate surface area is 184 Å². The number of nitrogens with two attached hydrogens (primary N) is 1. The van der Waals surface area contributed by atoms with Gasteiger partial charge >= 0.3 is 0 Å². The van der Waals surface area contributed by atoms with Crippen molar-refractivity contribution >= 4 is 45.4 Å². The molecule has 3 rings (SSSR count). The molecule has 1 fully saturated rings. The largest absolute Gasteiger partial charge is 0.398 e. The lowest BCUT2D eigenvalue weighted by atomic mass is 9.58. The van der Waals surface area contributed by atoms with Crippen LogP contribution in [0, 0.1) is 11.8 Å². The summed E-state index contributed by atoms with van der Waals surface area (Å²) in [5.41, 5.74) is 8.33. The van der Waals surface area contributed by atoms with Crippen LogP contribution in [0.4, 0.5) is 5.69 Å². The smallest absolute Gasteiger partial charge is 0.220 e. The molecule has 4 nitrogen and oxygen atoms in total. The molecule has 1 aliphatic heterocycles. The molecule has 6 heteroatoms. The van der Waals surface area contributed by atoms with Crippen LogP contribution in [-0.4, -0.2) is 18.7 Å². The molecule has 152 valence electrons. The Bertz CT molecular complexity index is 950. The fourth-order valence-electron chi connectivity index (χ4n) is 4.50. The molecule has 0 aromatic heterocycles. The topological polar surface area (TPSA) is 72.2 Å². The summed E-state index contributed by atoms with van der Waals surface area (Å²) in [5, 5.41) is 3.57. The van der Waals surface area contributed by atoms with Crippen molar-refractivity contribution in [2.24, 2.45) is 11.8 Å². The zero-order chi connectivity index (χ0) is 21.2. The van der Waals surface area contributed by atoms with E-state index in [-0.39, 0.29) is 18.2 Å². The zero-order valence-electron chi connectivity index (χ0n) is 16.3. The molecule has 1 saturated heterocycles. The summed E-state index contributed by atoms with van der Waals surface area (Å²) >= 11 is 9.79. The van der Waals surface area contributed by atoms with E-state index in [0.717, 1.165) is 21.9 Å². The van der Waals surface area contributed by atoms with Gasteiger partial charge in [-0.2, -0.15) is 0 Å². The van der Waals surface area contributed by atoms with Crippen LogP contribution < -0.4 is 11.1 Å². The number of amides is 1. The highest BCUT2D eigenvalue weighted by Crippen LogP contribution is 2.49. The highest BCUT2D eigenvalue weighted by molar-refractivity contribution is 9.10. The monoisotopic (exact) mass is 474 g/mol. The maximum absolute atomic E-state index is 13.0. The minimum Gasteiger partial charge on any atom is -0.398 e. The van der Waals surface area contributed by atoms with Crippen molar-refractivity contribution in [2.45, 2.75) is 25.2 Å². The first-order valence-electron chi connectivity index (χ1n) is 9.46. The molecular weight excluding hydrogens is 452 g/mol. The molecule has 0 unspecified atom stereocenters. The fourth-order valence-corrected chi connectivity index (χ4v) is 5.09. The summed E-state index contributed by atoms with van der Waals surface area (Å²) in [6, 6.07) is 5.54. The lowest BCUT2D eigenvalue weighted by Gasteiger charge is -2.43. The second-order valence-corrected chi connectivity index (χ2v) is 9.00. The standard InChI is InChI=1S/C23H24BrClN2O2/c1-14(2)19-11-22(29)27-12-20(15-5-3-4-6-17(25)9-15)23(19,13-28)18-8-7-16(24)10-21(18)26/h3-4,6-10,13,19-20H,1,5,11-12,26H2,2H3,(H,27,29)/t19-,20+,23+/m1/s1. The predicted octanol–water partition coefficient (Wildman–Crippen LogP) is 4.81. The van der Waals surface area contributed by atoms with Gasteiger partial charge in [0, 0.05) is 40.0 Å². The number of carbonyl (C=O) groups excluding carboxylic acids is 2. The van der Waals surface area contributed by atoms with Crippen LogP contribution in [0.25, 0.3) is 0 Å². The number of allylic oxidation sites excluding steroid dienone is 6. The second kappa shape index (κ2) is 8.72. The van der Waals surface area contributed by atoms with E-state index in [9.17, 15) is 9.59 Å². The van der Waals surface area contributed by atoms with E-state index in [2.05, 4.69) is 27.8 Å². The van der Waals surface area contributed by atoms with Crippen LogP contribution in [0.1, 0.15) is 25.3 Å². The van der Waals surface area contributed by atoms with E-state index in [4.69, 9.17) is 17.3 Å². The maximum atomic E-state index is 13.0. The van der Waals surface area contributed by atoms with E-state index in [1.54, 1.807) is 6.07 Å². The van der Waals surface area contributed by atoms with Crippen LogP contribution in [0.2, 0.25) is 0 Å². The number of nitrogens with one attached hydrogen (secondary N) is 1. The molecule has 0 radical (unpaired) electrons. The van der Waals surface area contributed by atoms with Gasteiger partial charge in [0.25, 0.3) is 0 Å². The first kappa shape index (κ1) is 21.6. The maximum Gasteiger partial charge on any atom is 0.220 e. The third-order valence-corrected chi connectivity index (χ3v) is 6.56. The lowest BCUT2D eigenvalue weighted by molar-refractivity contribution is -0.121. The normalized spacial score (nSPS) is 27.2. The SMILES string of the molecule is C=C(C)[C@H]1CC(=O)NC[C@@H](C2=CC(Cl)=CC=CC2)[C@@]1(C=O)c1ccc(Br)cc1N. The fraction of sp³-hybridized carbons (Fsp3) is 0.304. The van der Waals surface area contributed by atoms with Gasteiger partial charge in [-0.15, -0.1) is 0 Å². The minimum atomic E-state index is -1.04. The average molecular weight is 476 g/mol. The van der Waals surface area contributed by atoms with Crippen molar-refractivity contribution in [3.8, 4) is 0 Å². The predicted molar refractivity (Wildman–Crippen MR) is 121 cm³/mol. The minimum absolute atomic E-state index is 0.103. The molecule has 1 aliphatic carbocycles. The number of aldehydes is 1. The zero-order valence-corrected chi connectivity index (χ0v) is 18.6. The summed E-state index contributed by atoms with van der Waals surface area (Å²) in [6.45, 7) is 6.31. The number of benzene rings is 1. The van der Waals surface area contributed by atoms with Crippen LogP contribution in [-0.2, 0) is 15.0 Å². The molecule has 29 heavy (non-hydrogen) atoms. The van der Waals surface area contributed by atoms with Crippen molar-refractivity contribution in [1.82, 2.24) is 5.32 Å². The average Bonchev–Trinajstić information content (AvgIpc) is 2.96. The lowest BCUT2D eigenvalue weighted by Crippen LogP contribution is -2.47. The number of halogens is 2. The van der Waals surface area contributed by atoms with Gasteiger partial charge in [-0.3, -0.25) is 4.79 Å². The van der Waals surface area contributed by atoms with Gasteiger partial charge < -0.3 is 15.8 Å². The third-order valence-electron chi connectivity index (χ3n) is 5.83. The molecule has 1 aromatic rings. The van der Waals surface area contributed by atoms with Gasteiger partial charge in [0.05, 0.1) is 5.41 Å². The molecule has 3 atom stereocenters.